The first kappa shape index (κ1) is 95.7. The molecule has 116 heavy (non-hydrogen) atoms. The van der Waals surface area contributed by atoms with Gasteiger partial charge in [0.05, 0.1) is 88.8 Å². The van der Waals surface area contributed by atoms with Gasteiger partial charge in [-0.3, -0.25) is 52.2 Å². The van der Waals surface area contributed by atoms with Crippen LogP contribution in [0.2, 0.25) is 0 Å². The summed E-state index contributed by atoms with van der Waals surface area (Å²) in [5.74, 6) is -2.56. The van der Waals surface area contributed by atoms with Crippen molar-refractivity contribution in [3.8, 4) is 0 Å². The zero-order chi connectivity index (χ0) is 84.0. The minimum atomic E-state index is -4.41. The van der Waals surface area contributed by atoms with E-state index in [-0.39, 0.29) is 111 Å². The van der Waals surface area contributed by atoms with Crippen molar-refractivity contribution in [2.45, 2.75) is 198 Å². The molecular weight excluding hydrogens is 1600 g/mol. The molecule has 2 fully saturated rings. The summed E-state index contributed by atoms with van der Waals surface area (Å²) in [6.45, 7) is 5.06. The highest BCUT2D eigenvalue weighted by Crippen LogP contribution is 2.41. The maximum absolute atomic E-state index is 14.0. The van der Waals surface area contributed by atoms with Crippen molar-refractivity contribution < 1.29 is 126 Å². The molecule has 5 heterocycles. The van der Waals surface area contributed by atoms with E-state index in [4.69, 9.17) is 28.4 Å². The summed E-state index contributed by atoms with van der Waals surface area (Å²) >= 11 is 2.07. The summed E-state index contributed by atoms with van der Waals surface area (Å²) in [5, 5.41) is 102. The van der Waals surface area contributed by atoms with Crippen LogP contribution in [-0.2, 0) is 92.2 Å². The molecule has 0 aliphatic carbocycles. The average molecular weight is 1710 g/mol. The van der Waals surface area contributed by atoms with Crippen LogP contribution in [0.3, 0.4) is 0 Å². The Hall–Kier alpha value is -7.46. The predicted octanol–water partition coefficient (Wildman–Crippen LogP) is -0.262. The van der Waals surface area contributed by atoms with E-state index >= 15 is 0 Å². The van der Waals surface area contributed by atoms with E-state index < -0.39 is 141 Å². The van der Waals surface area contributed by atoms with Gasteiger partial charge in [-0.25, -0.2) is 9.59 Å². The number of ether oxygens (including phenoxy) is 6. The monoisotopic (exact) mass is 1710 g/mol. The average Bonchev–Trinajstić information content (AvgIpc) is 1.10. The van der Waals surface area contributed by atoms with Crippen LogP contribution < -0.4 is 42.5 Å². The molecule has 0 spiro atoms. The summed E-state index contributed by atoms with van der Waals surface area (Å²) in [6, 6.07) is 10.3. The number of urea groups is 2. The lowest BCUT2D eigenvalue weighted by atomic mass is 9.98. The van der Waals surface area contributed by atoms with Crippen LogP contribution in [0.4, 0.5) is 21.0 Å². The Morgan fingerprint density at radius 2 is 0.922 bits per heavy atom. The number of hydrogen-bond acceptors (Lipinski definition) is 28. The summed E-state index contributed by atoms with van der Waals surface area (Å²) in [7, 11) is -8.81. The zero-order valence-corrected chi connectivity index (χ0v) is 67.8. The van der Waals surface area contributed by atoms with E-state index in [9.17, 15) is 97.7 Å². The highest BCUT2D eigenvalue weighted by Gasteiger charge is 2.46. The van der Waals surface area contributed by atoms with Crippen LogP contribution in [0.25, 0.3) is 0 Å². The molecule has 45 heteroatoms. The lowest BCUT2D eigenvalue weighted by Crippen LogP contribution is -2.56. The summed E-state index contributed by atoms with van der Waals surface area (Å²) in [4.78, 5) is 140. The number of aromatic nitrogens is 6. The molecule has 3 aliphatic rings. The van der Waals surface area contributed by atoms with Gasteiger partial charge < -0.3 is 121 Å². The number of hydrogen-bond donors (Lipinski definition) is 18. The van der Waals surface area contributed by atoms with Crippen molar-refractivity contribution in [1.29, 1.82) is 0 Å². The molecule has 10 amide bonds. The third-order valence-electron chi connectivity index (χ3n) is 18.2. The van der Waals surface area contributed by atoms with E-state index in [1.165, 1.54) is 19.1 Å². The Balaban J connectivity index is 0.784. The van der Waals surface area contributed by atoms with Gasteiger partial charge in [-0.1, -0.05) is 34.0 Å². The number of anilines is 2. The van der Waals surface area contributed by atoms with E-state index in [0.717, 1.165) is 39.8 Å². The fraction of sp³-hybridized carbons (Fsp3) is 0.634. The van der Waals surface area contributed by atoms with Crippen molar-refractivity contribution in [3.63, 3.8) is 0 Å². The summed E-state index contributed by atoms with van der Waals surface area (Å²) in [5.41, 5.74) is 0.297. The van der Waals surface area contributed by atoms with Crippen molar-refractivity contribution in [2.24, 2.45) is 0 Å². The number of imide groups is 1. The number of benzene rings is 2. The number of rotatable bonds is 54. The molecular formula is C71H109N15O26P2S2. The lowest BCUT2D eigenvalue weighted by molar-refractivity contribution is -0.197. The minimum Gasteiger partial charge on any atom is -0.388 e. The van der Waals surface area contributed by atoms with Gasteiger partial charge >= 0.3 is 27.3 Å². The Labute approximate surface area is 678 Å². The molecule has 3 aliphatic heterocycles. The van der Waals surface area contributed by atoms with Crippen molar-refractivity contribution >= 4 is 97.6 Å². The molecule has 0 saturated carbocycles. The Morgan fingerprint density at radius 3 is 1.36 bits per heavy atom. The van der Waals surface area contributed by atoms with Gasteiger partial charge in [-0.2, -0.15) is 0 Å². The number of nitrogens with zero attached hydrogens (tertiary/aromatic N) is 7. The lowest BCUT2D eigenvalue weighted by Gasteiger charge is -2.40. The fourth-order valence-electron chi connectivity index (χ4n) is 12.0. The fourth-order valence-corrected chi connectivity index (χ4v) is 15.3. The smallest absolute Gasteiger partial charge is 0.325 e. The topological polar surface area (TPSA) is 589 Å². The largest absolute Gasteiger partial charge is 0.388 e. The first-order chi connectivity index (χ1) is 55.5. The Kier molecular flexibility index (Phi) is 41.6. The van der Waals surface area contributed by atoms with E-state index in [2.05, 4.69) is 63.2 Å². The number of nitrogens with one attached hydrogen (secondary N) is 8. The van der Waals surface area contributed by atoms with Crippen LogP contribution in [-0.4, -0.2) is 302 Å². The van der Waals surface area contributed by atoms with Crippen LogP contribution in [0.5, 0.6) is 0 Å². The van der Waals surface area contributed by atoms with E-state index in [1.807, 2.05) is 12.4 Å². The van der Waals surface area contributed by atoms with Gasteiger partial charge in [0.15, 0.2) is 0 Å². The molecule has 2 saturated heterocycles. The molecule has 646 valence electrons. The molecule has 18 N–H and O–H groups in total. The third kappa shape index (κ3) is 36.0. The Bertz CT molecular complexity index is 3830. The van der Waals surface area contributed by atoms with E-state index in [1.54, 1.807) is 57.9 Å². The highest BCUT2D eigenvalue weighted by atomic mass is 32.2. The molecule has 0 unspecified atom stereocenters. The number of carbonyl (C=O) groups is 8. The quantitative estimate of drug-likeness (QED) is 0.0154. The number of amides is 10. The second kappa shape index (κ2) is 50.5. The second-order valence-electron chi connectivity index (χ2n) is 27.6. The third-order valence-corrected chi connectivity index (χ3v) is 22.2. The van der Waals surface area contributed by atoms with Gasteiger partial charge in [0, 0.05) is 105 Å². The van der Waals surface area contributed by atoms with Crippen LogP contribution in [0.15, 0.2) is 82.9 Å². The first-order valence-electron chi connectivity index (χ1n) is 38.3. The van der Waals surface area contributed by atoms with Crippen LogP contribution >= 0.6 is 38.7 Å². The van der Waals surface area contributed by atoms with Gasteiger partial charge in [0.2, 0.25) is 23.6 Å². The molecule has 12 atom stereocenters. The van der Waals surface area contributed by atoms with Crippen LogP contribution in [0, 0.1) is 0 Å². The van der Waals surface area contributed by atoms with Gasteiger partial charge in [0.25, 0.3) is 11.8 Å². The highest BCUT2D eigenvalue weighted by molar-refractivity contribution is 8.00. The second-order valence-corrected chi connectivity index (χ2v) is 33.5. The standard InChI is InChI=1S/C71H109N15O26P2S2/c1-46(87)76-54(13-5-9-32-85-45-50(81-83-85)11-3-7-28-75-71(100)78-48-16-20-52(21-17-48)116-69-65(96)63(94)61(92)56(112-69)26-43-114(104,105)106)67(98)79-53(66(97)73-30-35-108-37-39-110-41-40-109-38-36-107-34-24-57(88)72-29-33-86-58(89)22-23-59(86)90)12-4-8-31-84-44-49(80-82-84)10-2-6-27-74-70(99)77-47-14-18-51(19-15-47)115-68-64(95)62(93)60(91)55(111-68)25-42-113(101,102)103/h14-23,44-45,53-56,60-65,68-69,91-96H,2-13,24-43H2,1H3,(H,72,88)(H,73,97)(H,76,87)(H,79,98)(H2,74,77,99)(H2,75,78,100)(H2,101,102,103)(H2,104,105,106)/t53-,54-,55+,56+,60+,61+,62-,63-,64-,65-,68-,69-/m0/s1. The molecule has 4 aromatic rings. The predicted molar refractivity (Wildman–Crippen MR) is 418 cm³/mol. The molecule has 0 radical (unpaired) electrons. The number of unbranched alkanes of at least 4 members (excludes halogenated alkanes) is 4. The van der Waals surface area contributed by atoms with Crippen molar-refractivity contribution in [2.75, 3.05) is 109 Å². The number of carbonyl (C=O) groups excluding carboxylic acids is 8. The molecule has 0 bridgehead atoms. The van der Waals surface area contributed by atoms with Gasteiger partial charge in [0.1, 0.15) is 59.6 Å². The molecule has 41 nitrogen and oxygen atoms in total. The Morgan fingerprint density at radius 1 is 0.491 bits per heavy atom. The summed E-state index contributed by atoms with van der Waals surface area (Å²) < 4.78 is 59.8. The zero-order valence-electron chi connectivity index (χ0n) is 64.3. The first-order valence-corrected chi connectivity index (χ1v) is 43.7. The maximum Gasteiger partial charge on any atom is 0.325 e. The number of aliphatic hydroxyl groups excluding tert-OH is 6. The minimum absolute atomic E-state index is 0.0775. The number of aryl methyl sites for hydroxylation is 4. The van der Waals surface area contributed by atoms with Gasteiger partial charge in [-0.05, 0) is 138 Å². The molecule has 7 rings (SSSR count). The van der Waals surface area contributed by atoms with Crippen LogP contribution in [0.1, 0.15) is 102 Å². The van der Waals surface area contributed by atoms with Crippen molar-refractivity contribution in [1.82, 2.24) is 66.8 Å². The number of aliphatic hydroxyl groups is 6. The molecule has 2 aromatic heterocycles. The number of thioether (sulfide) groups is 2. The SMILES string of the molecule is CC(=O)N[C@@H](CCCCn1cc(CCCCNC(=O)Nc2ccc(S[C@@H]3O[C@H](CCP(=O)(O)O)[C@@H](O)[C@H](O)[C@@H]3O)cc2)nn1)C(=O)N[C@@H](CCCCn1cc(CCCCNC(=O)Nc2ccc(S[C@@H]3O[C@H](CCP(=O)(O)O)[C@@H](O)[C@H](O)[C@@H]3O)cc2)nn1)C(=O)NCCOCCOCCOCCOCCC(=O)NCCN1C(=O)C=CC1=O. The van der Waals surface area contributed by atoms with E-state index in [0.29, 0.717) is 112 Å². The normalized spacial score (nSPS) is 20.8. The molecule has 2 aromatic carbocycles. The van der Waals surface area contributed by atoms with Crippen molar-refractivity contribution in [3.05, 3.63) is 84.5 Å². The maximum atomic E-state index is 14.0. The summed E-state index contributed by atoms with van der Waals surface area (Å²) in [6.07, 6.45) is -0.705. The van der Waals surface area contributed by atoms with Gasteiger partial charge in [-0.15, -0.1) is 10.2 Å².